The number of ketones is 1. The van der Waals surface area contributed by atoms with E-state index in [1.165, 1.54) is 0 Å². The summed E-state index contributed by atoms with van der Waals surface area (Å²) in [4.78, 5) is 28.8. The highest BCUT2D eigenvalue weighted by Crippen LogP contribution is 2.38. The average Bonchev–Trinajstić information content (AvgIpc) is 3.42. The van der Waals surface area contributed by atoms with Crippen molar-refractivity contribution in [1.29, 1.82) is 0 Å². The number of carbonyl (C=O) groups is 2. The van der Waals surface area contributed by atoms with E-state index < -0.39 is 42.5 Å². The molecule has 9 heteroatoms. The third kappa shape index (κ3) is 5.66. The minimum atomic E-state index is -3.22. The first-order valence-electron chi connectivity index (χ1n) is 9.60. The molecule has 1 aliphatic carbocycles. The number of nitrogens with one attached hydrogen (secondary N) is 2. The van der Waals surface area contributed by atoms with Gasteiger partial charge in [-0.3, -0.25) is 9.59 Å². The van der Waals surface area contributed by atoms with Crippen LogP contribution in [0.1, 0.15) is 60.6 Å². The molecule has 0 saturated heterocycles. The number of halogens is 2. The van der Waals surface area contributed by atoms with E-state index in [1.807, 2.05) is 0 Å². The van der Waals surface area contributed by atoms with Crippen LogP contribution in [0.5, 0.6) is 0 Å². The Hall–Kier alpha value is -2.68. The van der Waals surface area contributed by atoms with Crippen LogP contribution in [0.15, 0.2) is 34.9 Å². The second-order valence-corrected chi connectivity index (χ2v) is 7.34. The molecule has 1 heterocycles. The van der Waals surface area contributed by atoms with Gasteiger partial charge in [-0.1, -0.05) is 48.5 Å². The Balaban J connectivity index is 1.56. The minimum Gasteiger partial charge on any atom is -0.667 e. The second-order valence-electron chi connectivity index (χ2n) is 7.34. The van der Waals surface area contributed by atoms with Gasteiger partial charge in [-0.15, -0.1) is 0 Å². The minimum absolute atomic E-state index is 0.144. The molecule has 1 aliphatic rings. The van der Waals surface area contributed by atoms with Gasteiger partial charge >= 0.3 is 0 Å². The monoisotopic (exact) mass is 405 g/mol. The second kappa shape index (κ2) is 8.77. The van der Waals surface area contributed by atoms with E-state index in [9.17, 15) is 18.4 Å². The highest BCUT2D eigenvalue weighted by Gasteiger charge is 2.34. The van der Waals surface area contributed by atoms with Crippen LogP contribution in [0, 0.1) is 0 Å². The molecule has 2 aromatic rings. The molecule has 7 nitrogen and oxygen atoms in total. The first-order valence-corrected chi connectivity index (χ1v) is 9.60. The van der Waals surface area contributed by atoms with Crippen molar-refractivity contribution >= 4 is 11.7 Å². The Morgan fingerprint density at radius 1 is 1.31 bits per heavy atom. The number of amides is 1. The Labute approximate surface area is 167 Å². The maximum Gasteiger partial charge on any atom is 0.251 e. The van der Waals surface area contributed by atoms with Crippen LogP contribution in [0.3, 0.4) is 0 Å². The Kier molecular flexibility index (Phi) is 6.36. The molecule has 1 fully saturated rings. The van der Waals surface area contributed by atoms with Crippen molar-refractivity contribution in [3.63, 3.8) is 0 Å². The fraction of sp³-hybridized carbons (Fsp3) is 0.500. The van der Waals surface area contributed by atoms with Gasteiger partial charge in [0.05, 0.1) is 6.04 Å². The topological polar surface area (TPSA) is 109 Å². The summed E-state index contributed by atoms with van der Waals surface area (Å²) in [6, 6.07) is 5.46. The fourth-order valence-electron chi connectivity index (χ4n) is 2.97. The maximum atomic E-state index is 14.2. The summed E-state index contributed by atoms with van der Waals surface area (Å²) in [7, 11) is 0. The van der Waals surface area contributed by atoms with Crippen LogP contribution in [0.4, 0.5) is 8.78 Å². The zero-order valence-electron chi connectivity index (χ0n) is 16.0. The highest BCUT2D eigenvalue weighted by molar-refractivity contribution is 5.99. The van der Waals surface area contributed by atoms with Gasteiger partial charge in [0.1, 0.15) is 0 Å². The smallest absolute Gasteiger partial charge is 0.251 e. The van der Waals surface area contributed by atoms with Crippen LogP contribution in [0.25, 0.3) is 5.73 Å². The van der Waals surface area contributed by atoms with E-state index in [0.717, 1.165) is 12.8 Å². The Morgan fingerprint density at radius 2 is 2.00 bits per heavy atom. The van der Waals surface area contributed by atoms with Crippen molar-refractivity contribution in [1.82, 2.24) is 15.5 Å². The van der Waals surface area contributed by atoms with Gasteiger partial charge in [-0.2, -0.15) is 4.98 Å². The van der Waals surface area contributed by atoms with Gasteiger partial charge in [-0.25, -0.2) is 8.78 Å². The first kappa shape index (κ1) is 21.0. The number of hydrogen-bond acceptors (Lipinski definition) is 5. The number of rotatable bonds is 10. The lowest BCUT2D eigenvalue weighted by Crippen LogP contribution is -2.46. The molecule has 0 bridgehead atoms. The highest BCUT2D eigenvalue weighted by atomic mass is 19.3. The first-order chi connectivity index (χ1) is 13.8. The van der Waals surface area contributed by atoms with Crippen molar-refractivity contribution in [2.45, 2.75) is 63.0 Å². The third-order valence-electron chi connectivity index (χ3n) is 4.75. The molecule has 1 aromatic heterocycles. The van der Waals surface area contributed by atoms with E-state index in [2.05, 4.69) is 15.5 Å². The summed E-state index contributed by atoms with van der Waals surface area (Å²) in [5.41, 5.74) is 8.26. The molecule has 0 spiro atoms. The fourth-order valence-corrected chi connectivity index (χ4v) is 2.97. The van der Waals surface area contributed by atoms with Gasteiger partial charge < -0.3 is 15.6 Å². The van der Waals surface area contributed by atoms with Crippen molar-refractivity contribution in [2.24, 2.45) is 0 Å². The SMILES string of the molecule is CCC(NC(=O)[C@@H]([NH-])CC(F)(F)Cc1ccccc1)C(=O)c1noc(C2CC2)n1. The summed E-state index contributed by atoms with van der Waals surface area (Å²) in [6.45, 7) is 1.66. The van der Waals surface area contributed by atoms with E-state index in [1.54, 1.807) is 37.3 Å². The molecule has 1 aromatic carbocycles. The molecule has 1 unspecified atom stereocenters. The molecule has 1 amide bonds. The number of nitrogens with zero attached hydrogens (tertiary/aromatic N) is 2. The number of benzene rings is 1. The van der Waals surface area contributed by atoms with Gasteiger partial charge in [0, 0.05) is 18.8 Å². The molecular weight excluding hydrogens is 382 g/mol. The van der Waals surface area contributed by atoms with Crippen LogP contribution in [-0.2, 0) is 11.2 Å². The average molecular weight is 405 g/mol. The van der Waals surface area contributed by atoms with Gasteiger partial charge in [0.25, 0.3) is 5.92 Å². The molecule has 3 rings (SSSR count). The van der Waals surface area contributed by atoms with E-state index in [0.29, 0.717) is 11.5 Å². The van der Waals surface area contributed by atoms with E-state index in [-0.39, 0.29) is 18.2 Å². The van der Waals surface area contributed by atoms with Crippen LogP contribution < -0.4 is 5.32 Å². The predicted octanol–water partition coefficient (Wildman–Crippen LogP) is 3.71. The lowest BCUT2D eigenvalue weighted by molar-refractivity contribution is -0.124. The molecule has 2 N–H and O–H groups in total. The van der Waals surface area contributed by atoms with Crippen LogP contribution >= 0.6 is 0 Å². The largest absolute Gasteiger partial charge is 0.667 e. The standard InChI is InChI=1S/C20H23F2N4O3/c1-2-15(16(27)17-25-19(29-26-17)13-8-9-13)24-18(28)14(23)11-20(21,22)10-12-6-4-3-5-7-12/h3-7,13-15,23H,2,8-11H2,1H3,(H,24,28)/q-1/t14-,15?/m0/s1. The number of aromatic nitrogens is 2. The molecule has 29 heavy (non-hydrogen) atoms. The molecule has 2 atom stereocenters. The molecule has 0 aliphatic heterocycles. The summed E-state index contributed by atoms with van der Waals surface area (Å²) < 4.78 is 33.5. The van der Waals surface area contributed by atoms with Crippen molar-refractivity contribution in [2.75, 3.05) is 0 Å². The maximum absolute atomic E-state index is 14.2. The van der Waals surface area contributed by atoms with Crippen molar-refractivity contribution < 1.29 is 22.9 Å². The molecule has 1 saturated carbocycles. The summed E-state index contributed by atoms with van der Waals surface area (Å²) in [6.07, 6.45) is 0.583. The quantitative estimate of drug-likeness (QED) is 0.606. The molecule has 156 valence electrons. The third-order valence-corrected chi connectivity index (χ3v) is 4.75. The predicted molar refractivity (Wildman–Crippen MR) is 101 cm³/mol. The number of carbonyl (C=O) groups excluding carboxylic acids is 2. The lowest BCUT2D eigenvalue weighted by atomic mass is 10.00. The summed E-state index contributed by atoms with van der Waals surface area (Å²) in [5.74, 6) is -4.26. The zero-order valence-corrected chi connectivity index (χ0v) is 16.0. The van der Waals surface area contributed by atoms with E-state index >= 15 is 0 Å². The molecule has 0 radical (unpaired) electrons. The summed E-state index contributed by atoms with van der Waals surface area (Å²) >= 11 is 0. The van der Waals surface area contributed by atoms with Gasteiger partial charge in [0.15, 0.2) is 0 Å². The number of Topliss-reactive ketones (excluding diaryl/α,β-unsaturated/α-hetero) is 1. The number of hydrogen-bond donors (Lipinski definition) is 1. The van der Waals surface area contributed by atoms with Gasteiger partial charge in [-0.05, 0) is 24.8 Å². The number of alkyl halides is 2. The van der Waals surface area contributed by atoms with Crippen LogP contribution in [0.2, 0.25) is 0 Å². The summed E-state index contributed by atoms with van der Waals surface area (Å²) in [5, 5.41) is 6.03. The Morgan fingerprint density at radius 3 is 2.62 bits per heavy atom. The zero-order chi connectivity index (χ0) is 21.0. The van der Waals surface area contributed by atoms with Crippen molar-refractivity contribution in [3.8, 4) is 0 Å². The van der Waals surface area contributed by atoms with Crippen LogP contribution in [-0.4, -0.2) is 39.8 Å². The van der Waals surface area contributed by atoms with Crippen molar-refractivity contribution in [3.05, 3.63) is 53.3 Å². The van der Waals surface area contributed by atoms with E-state index in [4.69, 9.17) is 10.3 Å². The van der Waals surface area contributed by atoms with Gasteiger partial charge in [0.2, 0.25) is 23.4 Å². The lowest BCUT2D eigenvalue weighted by Gasteiger charge is -2.27. The normalized spacial score (nSPS) is 16.3. The molecular formula is C20H23F2N4O3-. The Bertz CT molecular complexity index is 852.